The van der Waals surface area contributed by atoms with Crippen LogP contribution in [0.4, 0.5) is 0 Å². The molecule has 0 saturated carbocycles. The SMILES string of the molecule is Cc1cc(Cl)cc(-c2ncnn3cc(Cn4c(=O)ccn(CC(=O)O)c4=O)cc23)c1CC1CNCCO1.Cl. The molecule has 1 aliphatic rings. The van der Waals surface area contributed by atoms with Crippen molar-refractivity contribution in [2.45, 2.75) is 32.5 Å². The van der Waals surface area contributed by atoms with E-state index in [0.29, 0.717) is 34.8 Å². The molecule has 38 heavy (non-hydrogen) atoms. The van der Waals surface area contributed by atoms with Crippen molar-refractivity contribution in [2.24, 2.45) is 0 Å². The number of carboxylic acid groups (broad SMARTS) is 1. The van der Waals surface area contributed by atoms with Gasteiger partial charge in [-0.1, -0.05) is 11.6 Å². The van der Waals surface area contributed by atoms with Gasteiger partial charge < -0.3 is 15.2 Å². The summed E-state index contributed by atoms with van der Waals surface area (Å²) in [6.07, 6.45) is 5.04. The molecule has 0 radical (unpaired) electrons. The maximum absolute atomic E-state index is 12.7. The Morgan fingerprint density at radius 3 is 2.84 bits per heavy atom. The van der Waals surface area contributed by atoms with Crippen molar-refractivity contribution in [3.05, 3.63) is 85.5 Å². The van der Waals surface area contributed by atoms with Gasteiger partial charge in [-0.15, -0.1) is 12.4 Å². The maximum atomic E-state index is 12.7. The summed E-state index contributed by atoms with van der Waals surface area (Å²) in [6.45, 7) is 3.65. The van der Waals surface area contributed by atoms with E-state index in [2.05, 4.69) is 15.4 Å². The monoisotopic (exact) mass is 560 g/mol. The number of morpholine rings is 1. The van der Waals surface area contributed by atoms with Crippen LogP contribution in [0.2, 0.25) is 5.02 Å². The number of aryl methyl sites for hydroxylation is 1. The molecule has 200 valence electrons. The third-order valence-electron chi connectivity index (χ3n) is 6.38. The number of aromatic nitrogens is 5. The van der Waals surface area contributed by atoms with E-state index in [9.17, 15) is 14.4 Å². The van der Waals surface area contributed by atoms with E-state index in [1.807, 2.05) is 25.1 Å². The van der Waals surface area contributed by atoms with E-state index in [0.717, 1.165) is 38.9 Å². The largest absolute Gasteiger partial charge is 0.480 e. The van der Waals surface area contributed by atoms with Crippen LogP contribution in [0.15, 0.2) is 52.6 Å². The van der Waals surface area contributed by atoms with Crippen LogP contribution in [-0.2, 0) is 29.0 Å². The summed E-state index contributed by atoms with van der Waals surface area (Å²) in [7, 11) is 0. The zero-order valence-electron chi connectivity index (χ0n) is 20.5. The van der Waals surface area contributed by atoms with E-state index in [1.54, 1.807) is 10.7 Å². The molecule has 3 aromatic heterocycles. The lowest BCUT2D eigenvalue weighted by molar-refractivity contribution is -0.137. The summed E-state index contributed by atoms with van der Waals surface area (Å²) in [4.78, 5) is 40.8. The molecule has 1 fully saturated rings. The lowest BCUT2D eigenvalue weighted by Gasteiger charge is -2.25. The first-order chi connectivity index (χ1) is 17.8. The average molecular weight is 561 g/mol. The van der Waals surface area contributed by atoms with Gasteiger partial charge in [0.15, 0.2) is 0 Å². The molecule has 0 amide bonds. The highest BCUT2D eigenvalue weighted by Gasteiger charge is 2.21. The van der Waals surface area contributed by atoms with E-state index in [1.165, 1.54) is 18.6 Å². The third-order valence-corrected chi connectivity index (χ3v) is 6.60. The van der Waals surface area contributed by atoms with Crippen molar-refractivity contribution in [3.63, 3.8) is 0 Å². The molecule has 0 aliphatic carbocycles. The second kappa shape index (κ2) is 11.5. The molecule has 1 aromatic carbocycles. The number of ether oxygens (including phenoxy) is 1. The molecule has 4 aromatic rings. The average Bonchev–Trinajstić information content (AvgIpc) is 3.28. The zero-order chi connectivity index (χ0) is 26.1. The van der Waals surface area contributed by atoms with Gasteiger partial charge in [-0.3, -0.25) is 18.7 Å². The Kier molecular flexibility index (Phi) is 8.32. The van der Waals surface area contributed by atoms with Gasteiger partial charge in [-0.25, -0.2) is 14.3 Å². The number of aliphatic carboxylic acids is 1. The van der Waals surface area contributed by atoms with Crippen LogP contribution in [0.3, 0.4) is 0 Å². The fourth-order valence-electron chi connectivity index (χ4n) is 4.66. The minimum atomic E-state index is -1.18. The van der Waals surface area contributed by atoms with Crippen molar-refractivity contribution in [2.75, 3.05) is 19.7 Å². The van der Waals surface area contributed by atoms with E-state index in [4.69, 9.17) is 21.4 Å². The summed E-state index contributed by atoms with van der Waals surface area (Å²) in [5, 5.41) is 17.3. The molecule has 1 atom stereocenters. The highest BCUT2D eigenvalue weighted by Crippen LogP contribution is 2.33. The maximum Gasteiger partial charge on any atom is 0.331 e. The predicted molar refractivity (Wildman–Crippen MR) is 143 cm³/mol. The quantitative estimate of drug-likeness (QED) is 0.349. The highest BCUT2D eigenvalue weighted by atomic mass is 35.5. The Hall–Kier alpha value is -3.51. The van der Waals surface area contributed by atoms with Gasteiger partial charge >= 0.3 is 11.7 Å². The van der Waals surface area contributed by atoms with Gasteiger partial charge in [0.25, 0.3) is 5.56 Å². The molecule has 0 bridgehead atoms. The molecule has 5 rings (SSSR count). The molecular weight excluding hydrogens is 535 g/mol. The molecule has 2 N–H and O–H groups in total. The summed E-state index contributed by atoms with van der Waals surface area (Å²) in [6, 6.07) is 6.78. The van der Waals surface area contributed by atoms with Crippen LogP contribution >= 0.6 is 24.0 Å². The standard InChI is InChI=1S/C25H25ClN6O5.ClH/c1-15-6-17(26)8-20(19(15)9-18-10-27-3-5-37-18)24-21-7-16(12-32(21)29-14-28-24)11-31-22(33)2-4-30(25(31)36)13-23(34)35;/h2,4,6-8,12,14,18,27H,3,5,9-11,13H2,1H3,(H,34,35);1H. The number of halogens is 2. The van der Waals surface area contributed by atoms with Gasteiger partial charge in [-0.05, 0) is 41.8 Å². The molecule has 13 heteroatoms. The first kappa shape index (κ1) is 27.5. The number of hydrogen-bond donors (Lipinski definition) is 2. The summed E-state index contributed by atoms with van der Waals surface area (Å²) >= 11 is 6.45. The van der Waals surface area contributed by atoms with Crippen molar-refractivity contribution in [1.29, 1.82) is 0 Å². The predicted octanol–water partition coefficient (Wildman–Crippen LogP) is 1.77. The second-order valence-corrected chi connectivity index (χ2v) is 9.42. The van der Waals surface area contributed by atoms with Gasteiger partial charge in [-0.2, -0.15) is 5.10 Å². The lowest BCUT2D eigenvalue weighted by atomic mass is 9.94. The topological polar surface area (TPSA) is 133 Å². The summed E-state index contributed by atoms with van der Waals surface area (Å²) in [5.41, 5.74) is 3.69. The van der Waals surface area contributed by atoms with Gasteiger partial charge in [0.1, 0.15) is 12.9 Å². The Morgan fingerprint density at radius 2 is 2.11 bits per heavy atom. The second-order valence-electron chi connectivity index (χ2n) is 8.98. The van der Waals surface area contributed by atoms with Crippen LogP contribution in [0.1, 0.15) is 16.7 Å². The minimum Gasteiger partial charge on any atom is -0.480 e. The van der Waals surface area contributed by atoms with Crippen molar-refractivity contribution in [3.8, 4) is 11.3 Å². The molecule has 1 saturated heterocycles. The van der Waals surface area contributed by atoms with Crippen molar-refractivity contribution in [1.82, 2.24) is 29.0 Å². The first-order valence-electron chi connectivity index (χ1n) is 11.8. The number of rotatable bonds is 7. The number of carboxylic acids is 1. The smallest absolute Gasteiger partial charge is 0.331 e. The Bertz CT molecular complexity index is 1610. The molecule has 4 heterocycles. The summed E-state index contributed by atoms with van der Waals surface area (Å²) < 4.78 is 9.55. The number of carbonyl (C=O) groups is 1. The van der Waals surface area contributed by atoms with Crippen LogP contribution in [0, 0.1) is 6.92 Å². The third kappa shape index (κ3) is 5.65. The van der Waals surface area contributed by atoms with Crippen LogP contribution in [0.5, 0.6) is 0 Å². The van der Waals surface area contributed by atoms with Crippen LogP contribution in [-0.4, -0.2) is 60.6 Å². The Balaban J connectivity index is 0.00000336. The van der Waals surface area contributed by atoms with E-state index >= 15 is 0 Å². The number of benzene rings is 1. The molecular formula is C25H26Cl2N6O5. The first-order valence-corrected chi connectivity index (χ1v) is 12.1. The molecule has 1 aliphatic heterocycles. The zero-order valence-corrected chi connectivity index (χ0v) is 22.0. The van der Waals surface area contributed by atoms with Crippen LogP contribution in [0.25, 0.3) is 16.8 Å². The van der Waals surface area contributed by atoms with E-state index < -0.39 is 23.8 Å². The Labute approximate surface area is 228 Å². The normalized spacial score (nSPS) is 15.4. The van der Waals surface area contributed by atoms with Crippen molar-refractivity contribution >= 4 is 35.5 Å². The number of fused-ring (bicyclic) bond motifs is 1. The minimum absolute atomic E-state index is 0. The van der Waals surface area contributed by atoms with Gasteiger partial charge in [0.2, 0.25) is 0 Å². The highest BCUT2D eigenvalue weighted by molar-refractivity contribution is 6.31. The number of hydrogen-bond acceptors (Lipinski definition) is 7. The molecule has 1 unspecified atom stereocenters. The van der Waals surface area contributed by atoms with Gasteiger partial charge in [0, 0.05) is 48.6 Å². The fourth-order valence-corrected chi connectivity index (χ4v) is 4.93. The van der Waals surface area contributed by atoms with Crippen molar-refractivity contribution < 1.29 is 14.6 Å². The fraction of sp³-hybridized carbons (Fsp3) is 0.320. The summed E-state index contributed by atoms with van der Waals surface area (Å²) in [5.74, 6) is -1.18. The lowest BCUT2D eigenvalue weighted by Crippen LogP contribution is -2.40. The molecule has 11 nitrogen and oxygen atoms in total. The van der Waals surface area contributed by atoms with Crippen LogP contribution < -0.4 is 16.6 Å². The number of nitrogens with zero attached hydrogens (tertiary/aromatic N) is 5. The Morgan fingerprint density at radius 1 is 1.29 bits per heavy atom. The number of nitrogens with one attached hydrogen (secondary N) is 1. The molecule has 0 spiro atoms. The van der Waals surface area contributed by atoms with E-state index in [-0.39, 0.29) is 25.1 Å². The van der Waals surface area contributed by atoms with Gasteiger partial charge in [0.05, 0.1) is 30.5 Å².